The van der Waals surface area contributed by atoms with E-state index in [1.54, 1.807) is 18.2 Å². The molecule has 1 aliphatic heterocycles. The van der Waals surface area contributed by atoms with Crippen molar-refractivity contribution in [2.45, 2.75) is 25.7 Å². The standard InChI is InChI=1S/C17H25N3O3/c1-23-11-10-20-13-15(6-7-16(20)21)17(22)19-9-3-5-14-4-2-8-18-12-14/h2,4,8,12,15H,3,5-7,9-11,13H2,1H3,(H,19,22). The number of carbonyl (C=O) groups excluding carboxylic acids is 2. The molecule has 0 aromatic carbocycles. The quantitative estimate of drug-likeness (QED) is 0.726. The topological polar surface area (TPSA) is 71.5 Å². The summed E-state index contributed by atoms with van der Waals surface area (Å²) in [5, 5.41) is 2.99. The van der Waals surface area contributed by atoms with E-state index in [9.17, 15) is 9.59 Å². The maximum absolute atomic E-state index is 12.2. The molecule has 126 valence electrons. The highest BCUT2D eigenvalue weighted by molar-refractivity contribution is 5.83. The Hall–Kier alpha value is -1.95. The second-order valence-corrected chi connectivity index (χ2v) is 5.82. The summed E-state index contributed by atoms with van der Waals surface area (Å²) in [4.78, 5) is 29.9. The lowest BCUT2D eigenvalue weighted by atomic mass is 9.96. The van der Waals surface area contributed by atoms with Crippen molar-refractivity contribution < 1.29 is 14.3 Å². The van der Waals surface area contributed by atoms with E-state index in [1.165, 1.54) is 5.56 Å². The van der Waals surface area contributed by atoms with Crippen molar-refractivity contribution in [3.8, 4) is 0 Å². The van der Waals surface area contributed by atoms with E-state index in [0.29, 0.717) is 39.1 Å². The number of nitrogens with one attached hydrogen (secondary N) is 1. The minimum atomic E-state index is -0.108. The van der Waals surface area contributed by atoms with Crippen LogP contribution in [0.15, 0.2) is 24.5 Å². The van der Waals surface area contributed by atoms with E-state index in [4.69, 9.17) is 4.74 Å². The van der Waals surface area contributed by atoms with Crippen LogP contribution in [0.25, 0.3) is 0 Å². The van der Waals surface area contributed by atoms with Crippen LogP contribution < -0.4 is 5.32 Å². The number of methoxy groups -OCH3 is 1. The molecule has 1 aromatic heterocycles. The van der Waals surface area contributed by atoms with Gasteiger partial charge in [0, 0.05) is 45.6 Å². The molecule has 23 heavy (non-hydrogen) atoms. The number of rotatable bonds is 8. The van der Waals surface area contributed by atoms with E-state index in [1.807, 2.05) is 18.3 Å². The lowest BCUT2D eigenvalue weighted by Crippen LogP contribution is -2.46. The molecule has 2 heterocycles. The summed E-state index contributed by atoms with van der Waals surface area (Å²) in [6.45, 7) is 2.21. The minimum Gasteiger partial charge on any atom is -0.383 e. The molecule has 6 heteroatoms. The number of likely N-dealkylation sites (tertiary alicyclic amines) is 1. The van der Waals surface area contributed by atoms with Crippen LogP contribution in [0.5, 0.6) is 0 Å². The number of piperidine rings is 1. The van der Waals surface area contributed by atoms with E-state index in [0.717, 1.165) is 12.8 Å². The molecule has 6 nitrogen and oxygen atoms in total. The zero-order valence-electron chi connectivity index (χ0n) is 13.7. The van der Waals surface area contributed by atoms with Crippen LogP contribution in [0, 0.1) is 5.92 Å². The third-order valence-corrected chi connectivity index (χ3v) is 4.10. The molecule has 2 amide bonds. The van der Waals surface area contributed by atoms with Crippen LogP contribution in [-0.4, -0.2) is 55.0 Å². The molecule has 1 fully saturated rings. The molecule has 1 N–H and O–H groups in total. The first-order valence-corrected chi connectivity index (χ1v) is 8.14. The van der Waals surface area contributed by atoms with Crippen molar-refractivity contribution in [3.63, 3.8) is 0 Å². The predicted octanol–water partition coefficient (Wildman–Crippen LogP) is 1.02. The normalized spacial score (nSPS) is 18.0. The summed E-state index contributed by atoms with van der Waals surface area (Å²) in [6, 6.07) is 3.96. The molecule has 0 bridgehead atoms. The lowest BCUT2D eigenvalue weighted by Gasteiger charge is -2.31. The van der Waals surface area contributed by atoms with Crippen LogP contribution in [-0.2, 0) is 20.7 Å². The summed E-state index contributed by atoms with van der Waals surface area (Å²) in [7, 11) is 1.61. The van der Waals surface area contributed by atoms with E-state index >= 15 is 0 Å². The highest BCUT2D eigenvalue weighted by Crippen LogP contribution is 2.17. The molecule has 0 spiro atoms. The fourth-order valence-electron chi connectivity index (χ4n) is 2.74. The van der Waals surface area contributed by atoms with Gasteiger partial charge < -0.3 is 15.0 Å². The minimum absolute atomic E-state index is 0.0473. The fraction of sp³-hybridized carbons (Fsp3) is 0.588. The number of hydrogen-bond acceptors (Lipinski definition) is 4. The summed E-state index contributed by atoms with van der Waals surface area (Å²) in [5.74, 6) is 0.0525. The maximum atomic E-state index is 12.2. The van der Waals surface area contributed by atoms with Gasteiger partial charge in [0.1, 0.15) is 0 Å². The van der Waals surface area contributed by atoms with Crippen molar-refractivity contribution in [2.75, 3.05) is 33.4 Å². The third-order valence-electron chi connectivity index (χ3n) is 4.10. The zero-order valence-corrected chi connectivity index (χ0v) is 13.7. The number of carbonyl (C=O) groups is 2. The van der Waals surface area contributed by atoms with Gasteiger partial charge in [-0.3, -0.25) is 14.6 Å². The highest BCUT2D eigenvalue weighted by atomic mass is 16.5. The largest absolute Gasteiger partial charge is 0.383 e. The van der Waals surface area contributed by atoms with Crippen molar-refractivity contribution in [1.82, 2.24) is 15.2 Å². The second kappa shape index (κ2) is 9.25. The monoisotopic (exact) mass is 319 g/mol. The molecule has 1 atom stereocenters. The van der Waals surface area contributed by atoms with Gasteiger partial charge in [0.25, 0.3) is 0 Å². The molecule has 2 rings (SSSR count). The first-order valence-electron chi connectivity index (χ1n) is 8.14. The molecule has 0 radical (unpaired) electrons. The molecule has 1 aromatic rings. The van der Waals surface area contributed by atoms with Crippen molar-refractivity contribution in [1.29, 1.82) is 0 Å². The third kappa shape index (κ3) is 5.63. The summed E-state index contributed by atoms with van der Waals surface area (Å²) in [6.07, 6.45) is 6.47. The Labute approximate surface area is 137 Å². The Bertz CT molecular complexity index is 507. The van der Waals surface area contributed by atoms with Gasteiger partial charge in [-0.2, -0.15) is 0 Å². The van der Waals surface area contributed by atoms with Gasteiger partial charge in [0.15, 0.2) is 0 Å². The number of pyridine rings is 1. The molecular formula is C17H25N3O3. The number of nitrogens with zero attached hydrogens (tertiary/aromatic N) is 2. The average Bonchev–Trinajstić information content (AvgIpc) is 2.58. The van der Waals surface area contributed by atoms with Gasteiger partial charge in [0.05, 0.1) is 12.5 Å². The Morgan fingerprint density at radius 2 is 2.39 bits per heavy atom. The van der Waals surface area contributed by atoms with Gasteiger partial charge in [-0.05, 0) is 30.9 Å². The molecule has 0 aliphatic carbocycles. The van der Waals surface area contributed by atoms with E-state index in [2.05, 4.69) is 10.3 Å². The highest BCUT2D eigenvalue weighted by Gasteiger charge is 2.29. The first kappa shape index (κ1) is 17.4. The number of aryl methyl sites for hydroxylation is 1. The summed E-state index contributed by atoms with van der Waals surface area (Å²) >= 11 is 0. The first-order chi connectivity index (χ1) is 11.2. The number of aromatic nitrogens is 1. The lowest BCUT2D eigenvalue weighted by molar-refractivity contribution is -0.138. The van der Waals surface area contributed by atoms with Crippen LogP contribution >= 0.6 is 0 Å². The van der Waals surface area contributed by atoms with Crippen LogP contribution in [0.1, 0.15) is 24.8 Å². The SMILES string of the molecule is COCCN1CC(C(=O)NCCCc2cccnc2)CCC1=O. The van der Waals surface area contributed by atoms with E-state index < -0.39 is 0 Å². The average molecular weight is 319 g/mol. The molecule has 0 saturated carbocycles. The predicted molar refractivity (Wildman–Crippen MR) is 86.7 cm³/mol. The molecule has 1 aliphatic rings. The van der Waals surface area contributed by atoms with Gasteiger partial charge in [0.2, 0.25) is 11.8 Å². The maximum Gasteiger partial charge on any atom is 0.224 e. The number of ether oxygens (including phenoxy) is 1. The molecule has 1 saturated heterocycles. The van der Waals surface area contributed by atoms with Gasteiger partial charge in [-0.25, -0.2) is 0 Å². The molecular weight excluding hydrogens is 294 g/mol. The van der Waals surface area contributed by atoms with Crippen LogP contribution in [0.3, 0.4) is 0 Å². The van der Waals surface area contributed by atoms with Gasteiger partial charge >= 0.3 is 0 Å². The second-order valence-electron chi connectivity index (χ2n) is 5.82. The number of hydrogen-bond donors (Lipinski definition) is 1. The van der Waals surface area contributed by atoms with Gasteiger partial charge in [-0.15, -0.1) is 0 Å². The molecule has 1 unspecified atom stereocenters. The Balaban J connectivity index is 1.69. The Kier molecular flexibility index (Phi) is 7.00. The smallest absolute Gasteiger partial charge is 0.224 e. The fourth-order valence-corrected chi connectivity index (χ4v) is 2.74. The van der Waals surface area contributed by atoms with E-state index in [-0.39, 0.29) is 17.7 Å². The van der Waals surface area contributed by atoms with Gasteiger partial charge in [-0.1, -0.05) is 6.07 Å². The van der Waals surface area contributed by atoms with Crippen molar-refractivity contribution in [2.24, 2.45) is 5.92 Å². The van der Waals surface area contributed by atoms with Crippen molar-refractivity contribution >= 4 is 11.8 Å². The van der Waals surface area contributed by atoms with Crippen LogP contribution in [0.4, 0.5) is 0 Å². The zero-order chi connectivity index (χ0) is 16.5. The number of amides is 2. The summed E-state index contributed by atoms with van der Waals surface area (Å²) < 4.78 is 5.01. The Morgan fingerprint density at radius 1 is 1.52 bits per heavy atom. The van der Waals surface area contributed by atoms with Crippen LogP contribution in [0.2, 0.25) is 0 Å². The Morgan fingerprint density at radius 3 is 3.13 bits per heavy atom. The van der Waals surface area contributed by atoms with Crippen molar-refractivity contribution in [3.05, 3.63) is 30.1 Å². The summed E-state index contributed by atoms with van der Waals surface area (Å²) in [5.41, 5.74) is 1.18.